The van der Waals surface area contributed by atoms with Gasteiger partial charge in [-0.2, -0.15) is 0 Å². The van der Waals surface area contributed by atoms with Crippen molar-refractivity contribution >= 4 is 11.8 Å². The Hall–Kier alpha value is -0.860. The Bertz CT molecular complexity index is 473. The molecule has 2 aliphatic carbocycles. The minimum Gasteiger partial charge on any atom is -0.282 e. The van der Waals surface area contributed by atoms with Crippen LogP contribution in [0.3, 0.4) is 0 Å². The van der Waals surface area contributed by atoms with Crippen molar-refractivity contribution in [3.05, 3.63) is 0 Å². The highest BCUT2D eigenvalue weighted by molar-refractivity contribution is 6.11. The maximum absolute atomic E-state index is 12.7. The van der Waals surface area contributed by atoms with Crippen LogP contribution < -0.4 is 0 Å². The molecule has 4 atom stereocenters. The Morgan fingerprint density at radius 3 is 2.67 bits per heavy atom. The molecule has 18 heavy (non-hydrogen) atoms. The van der Waals surface area contributed by atoms with Gasteiger partial charge in [0, 0.05) is 6.54 Å². The third-order valence-electron chi connectivity index (χ3n) is 7.07. The standard InChI is InChI=1S/C15H21NO2/c1-13-9-15-7-4-3-5-10(15)6-8-16(11(13)17)12(18)14(13,15)2/h10H,3-9H2,1-2H3/t10-,13+,14-,15-/m0/s1. The highest BCUT2D eigenvalue weighted by Crippen LogP contribution is 2.78. The zero-order chi connectivity index (χ0) is 12.8. The molecular weight excluding hydrogens is 226 g/mol. The highest BCUT2D eigenvalue weighted by atomic mass is 16.2. The van der Waals surface area contributed by atoms with Gasteiger partial charge in [-0.3, -0.25) is 14.5 Å². The molecule has 2 amide bonds. The van der Waals surface area contributed by atoms with E-state index in [0.29, 0.717) is 12.5 Å². The largest absolute Gasteiger partial charge is 0.282 e. The SMILES string of the molecule is C[C@@]12C(=O)N3CC[C@@H]4CCCC[C@]41C[C@]2(C)C3=O. The van der Waals surface area contributed by atoms with Crippen LogP contribution in [0.15, 0.2) is 0 Å². The number of nitrogens with zero attached hydrogens (tertiary/aromatic N) is 1. The van der Waals surface area contributed by atoms with Crippen LogP contribution in [0.5, 0.6) is 0 Å². The molecule has 0 aromatic heterocycles. The second-order valence-electron chi connectivity index (χ2n) is 7.28. The minimum absolute atomic E-state index is 0.115. The Morgan fingerprint density at radius 2 is 1.89 bits per heavy atom. The molecule has 2 heterocycles. The minimum atomic E-state index is -0.390. The van der Waals surface area contributed by atoms with E-state index >= 15 is 0 Å². The molecule has 2 saturated heterocycles. The number of carbonyl (C=O) groups is 2. The summed E-state index contributed by atoms with van der Waals surface area (Å²) >= 11 is 0. The van der Waals surface area contributed by atoms with E-state index in [9.17, 15) is 9.59 Å². The van der Waals surface area contributed by atoms with Gasteiger partial charge in [0.25, 0.3) is 0 Å². The summed E-state index contributed by atoms with van der Waals surface area (Å²) < 4.78 is 0. The van der Waals surface area contributed by atoms with Gasteiger partial charge in [-0.05, 0) is 50.9 Å². The first-order valence-corrected chi connectivity index (χ1v) is 7.34. The van der Waals surface area contributed by atoms with E-state index < -0.39 is 5.41 Å². The van der Waals surface area contributed by atoms with E-state index in [0.717, 1.165) is 19.3 Å². The van der Waals surface area contributed by atoms with Crippen LogP contribution in [0.4, 0.5) is 0 Å². The van der Waals surface area contributed by atoms with Gasteiger partial charge in [0.1, 0.15) is 0 Å². The molecule has 0 unspecified atom stereocenters. The summed E-state index contributed by atoms with van der Waals surface area (Å²) in [7, 11) is 0. The molecule has 3 nitrogen and oxygen atoms in total. The van der Waals surface area contributed by atoms with Crippen molar-refractivity contribution in [1.29, 1.82) is 0 Å². The van der Waals surface area contributed by atoms with Crippen molar-refractivity contribution in [3.63, 3.8) is 0 Å². The van der Waals surface area contributed by atoms with Crippen molar-refractivity contribution in [1.82, 2.24) is 4.90 Å². The van der Waals surface area contributed by atoms with Crippen LogP contribution in [0.1, 0.15) is 52.4 Å². The summed E-state index contributed by atoms with van der Waals surface area (Å²) in [4.78, 5) is 26.8. The molecule has 4 rings (SSSR count). The number of rotatable bonds is 0. The summed E-state index contributed by atoms with van der Waals surface area (Å²) in [5, 5.41) is 0. The maximum Gasteiger partial charge on any atom is 0.236 e. The molecular formula is C15H21NO2. The molecule has 0 aromatic rings. The van der Waals surface area contributed by atoms with Crippen LogP contribution in [0, 0.1) is 22.2 Å². The van der Waals surface area contributed by atoms with Gasteiger partial charge in [0.05, 0.1) is 10.8 Å². The van der Waals surface area contributed by atoms with Crippen LogP contribution in [0.25, 0.3) is 0 Å². The fourth-order valence-electron chi connectivity index (χ4n) is 5.94. The Kier molecular flexibility index (Phi) is 1.73. The van der Waals surface area contributed by atoms with Gasteiger partial charge in [0.2, 0.25) is 11.8 Å². The van der Waals surface area contributed by atoms with E-state index in [1.807, 2.05) is 6.92 Å². The molecule has 3 heteroatoms. The topological polar surface area (TPSA) is 37.4 Å². The summed E-state index contributed by atoms with van der Waals surface area (Å²) in [6.45, 7) is 4.81. The van der Waals surface area contributed by atoms with Crippen LogP contribution >= 0.6 is 0 Å². The zero-order valence-electron chi connectivity index (χ0n) is 11.3. The molecule has 0 N–H and O–H groups in total. The molecule has 0 aromatic carbocycles. The van der Waals surface area contributed by atoms with Gasteiger partial charge in [0.15, 0.2) is 0 Å². The average molecular weight is 247 g/mol. The molecule has 4 aliphatic rings. The predicted molar refractivity (Wildman–Crippen MR) is 66.6 cm³/mol. The molecule has 2 aliphatic heterocycles. The summed E-state index contributed by atoms with van der Waals surface area (Å²) in [5.74, 6) is 0.932. The summed E-state index contributed by atoms with van der Waals surface area (Å²) in [5.41, 5.74) is -0.628. The second-order valence-corrected chi connectivity index (χ2v) is 7.28. The number of carbonyl (C=O) groups excluding carboxylic acids is 2. The van der Waals surface area contributed by atoms with Gasteiger partial charge in [-0.15, -0.1) is 0 Å². The first-order chi connectivity index (χ1) is 8.47. The lowest BCUT2D eigenvalue weighted by Crippen LogP contribution is -2.68. The van der Waals surface area contributed by atoms with Gasteiger partial charge >= 0.3 is 0 Å². The third-order valence-corrected chi connectivity index (χ3v) is 7.07. The zero-order valence-corrected chi connectivity index (χ0v) is 11.3. The van der Waals surface area contributed by atoms with Crippen molar-refractivity contribution in [2.24, 2.45) is 22.2 Å². The smallest absolute Gasteiger partial charge is 0.236 e. The molecule has 2 bridgehead atoms. The number of hydrogen-bond donors (Lipinski definition) is 0. The average Bonchev–Trinajstić information content (AvgIpc) is 2.44. The predicted octanol–water partition coefficient (Wildman–Crippen LogP) is 2.35. The number of imide groups is 1. The monoisotopic (exact) mass is 247 g/mol. The van der Waals surface area contributed by atoms with E-state index in [4.69, 9.17) is 0 Å². The lowest BCUT2D eigenvalue weighted by molar-refractivity contribution is -0.216. The Labute approximate surface area is 108 Å². The molecule has 4 fully saturated rings. The molecule has 2 saturated carbocycles. The quantitative estimate of drug-likeness (QED) is 0.616. The number of fused-ring (bicyclic) bond motifs is 1. The fourth-order valence-corrected chi connectivity index (χ4v) is 5.94. The van der Waals surface area contributed by atoms with Crippen molar-refractivity contribution < 1.29 is 9.59 Å². The first kappa shape index (κ1) is 11.0. The van der Waals surface area contributed by atoms with E-state index in [1.54, 1.807) is 4.90 Å². The molecule has 0 radical (unpaired) electrons. The Morgan fingerprint density at radius 1 is 1.11 bits per heavy atom. The van der Waals surface area contributed by atoms with Crippen molar-refractivity contribution in [3.8, 4) is 0 Å². The van der Waals surface area contributed by atoms with Crippen molar-refractivity contribution in [2.45, 2.75) is 52.4 Å². The normalized spacial score (nSPS) is 53.9. The van der Waals surface area contributed by atoms with Gasteiger partial charge in [-0.25, -0.2) is 0 Å². The van der Waals surface area contributed by atoms with Gasteiger partial charge < -0.3 is 0 Å². The summed E-state index contributed by atoms with van der Waals surface area (Å²) in [6.07, 6.45) is 6.98. The van der Waals surface area contributed by atoms with E-state index in [-0.39, 0.29) is 22.6 Å². The maximum atomic E-state index is 12.7. The molecule has 1 spiro atoms. The Balaban J connectivity index is 1.92. The second kappa shape index (κ2) is 2.83. The molecule has 98 valence electrons. The highest BCUT2D eigenvalue weighted by Gasteiger charge is 2.82. The first-order valence-electron chi connectivity index (χ1n) is 7.34. The van der Waals surface area contributed by atoms with E-state index in [2.05, 4.69) is 6.92 Å². The number of hydrogen-bond acceptors (Lipinski definition) is 2. The third kappa shape index (κ3) is 0.784. The van der Waals surface area contributed by atoms with Crippen LogP contribution in [-0.2, 0) is 9.59 Å². The van der Waals surface area contributed by atoms with Crippen LogP contribution in [-0.4, -0.2) is 23.3 Å². The lowest BCUT2D eigenvalue weighted by atomic mass is 9.33. The lowest BCUT2D eigenvalue weighted by Gasteiger charge is -2.67. The number of amides is 2. The van der Waals surface area contributed by atoms with Crippen LogP contribution in [0.2, 0.25) is 0 Å². The van der Waals surface area contributed by atoms with Crippen molar-refractivity contribution in [2.75, 3.05) is 6.54 Å². The van der Waals surface area contributed by atoms with Gasteiger partial charge in [-0.1, -0.05) is 12.8 Å². The van der Waals surface area contributed by atoms with E-state index in [1.165, 1.54) is 19.3 Å². The summed E-state index contributed by atoms with van der Waals surface area (Å²) in [6, 6.07) is 0. The fraction of sp³-hybridized carbons (Fsp3) is 0.867.